The summed E-state index contributed by atoms with van der Waals surface area (Å²) in [5.74, 6) is -0.214. The fourth-order valence-electron chi connectivity index (χ4n) is 2.88. The van der Waals surface area contributed by atoms with Gasteiger partial charge in [0.15, 0.2) is 0 Å². The largest absolute Gasteiger partial charge is 0.378 e. The summed E-state index contributed by atoms with van der Waals surface area (Å²) >= 11 is 1.75. The van der Waals surface area contributed by atoms with Crippen LogP contribution in [0.25, 0.3) is 21.6 Å². The topological polar surface area (TPSA) is 25.4 Å². The summed E-state index contributed by atoms with van der Waals surface area (Å²) in [6.07, 6.45) is 3.60. The molecule has 3 aromatic rings. The molecule has 1 aliphatic heterocycles. The number of nitrogens with zero attached hydrogens (tertiary/aromatic N) is 2. The first kappa shape index (κ1) is 15.3. The maximum atomic E-state index is 13.3. The van der Waals surface area contributed by atoms with E-state index in [1.54, 1.807) is 23.7 Å². The Labute approximate surface area is 144 Å². The lowest BCUT2D eigenvalue weighted by Crippen LogP contribution is -2.35. The first-order chi connectivity index (χ1) is 11.8. The molecular weight excluding hydrogens is 323 g/mol. The fraction of sp³-hybridized carbons (Fsp3) is 0.211. The molecule has 1 fully saturated rings. The molecule has 0 amide bonds. The molecule has 1 aromatic carbocycles. The number of benzene rings is 1. The van der Waals surface area contributed by atoms with E-state index in [0.29, 0.717) is 0 Å². The zero-order chi connectivity index (χ0) is 16.4. The van der Waals surface area contributed by atoms with Crippen LogP contribution in [-0.4, -0.2) is 31.3 Å². The van der Waals surface area contributed by atoms with Gasteiger partial charge < -0.3 is 9.64 Å². The van der Waals surface area contributed by atoms with Crippen LogP contribution in [0.15, 0.2) is 54.9 Å². The van der Waals surface area contributed by atoms with Crippen LogP contribution < -0.4 is 4.90 Å². The Bertz CT molecular complexity index is 811. The summed E-state index contributed by atoms with van der Waals surface area (Å²) < 4.78 is 18.7. The van der Waals surface area contributed by atoms with Gasteiger partial charge in [0, 0.05) is 35.9 Å². The molecule has 1 saturated heterocycles. The number of thiophene rings is 1. The lowest BCUT2D eigenvalue weighted by Gasteiger charge is -2.27. The van der Waals surface area contributed by atoms with Gasteiger partial charge in [-0.1, -0.05) is 12.1 Å². The number of hydrogen-bond donors (Lipinski definition) is 0. The Hall–Kier alpha value is -2.24. The van der Waals surface area contributed by atoms with Crippen LogP contribution in [0.1, 0.15) is 0 Å². The van der Waals surface area contributed by atoms with Crippen LogP contribution in [0.2, 0.25) is 0 Å². The number of aromatic nitrogens is 1. The minimum Gasteiger partial charge on any atom is -0.378 e. The highest BCUT2D eigenvalue weighted by atomic mass is 32.1. The summed E-state index contributed by atoms with van der Waals surface area (Å²) in [6.45, 7) is 3.32. The Morgan fingerprint density at radius 2 is 1.67 bits per heavy atom. The number of hydrogen-bond acceptors (Lipinski definition) is 4. The molecular formula is C19H17FN2OS. The van der Waals surface area contributed by atoms with Gasteiger partial charge in [-0.2, -0.15) is 0 Å². The van der Waals surface area contributed by atoms with Crippen LogP contribution >= 0.6 is 11.3 Å². The van der Waals surface area contributed by atoms with Gasteiger partial charge in [-0.15, -0.1) is 11.3 Å². The molecule has 3 heterocycles. The predicted molar refractivity (Wildman–Crippen MR) is 96.0 cm³/mol. The maximum absolute atomic E-state index is 13.3. The van der Waals surface area contributed by atoms with Crippen molar-refractivity contribution >= 4 is 16.3 Å². The van der Waals surface area contributed by atoms with Gasteiger partial charge in [-0.05, 0) is 41.5 Å². The molecule has 0 aliphatic carbocycles. The molecule has 1 aliphatic rings. The van der Waals surface area contributed by atoms with Crippen molar-refractivity contribution in [2.75, 3.05) is 31.2 Å². The van der Waals surface area contributed by atoms with E-state index in [9.17, 15) is 4.39 Å². The van der Waals surface area contributed by atoms with Gasteiger partial charge in [0.05, 0.1) is 18.2 Å². The van der Waals surface area contributed by atoms with Crippen molar-refractivity contribution in [1.29, 1.82) is 0 Å². The molecule has 122 valence electrons. The summed E-state index contributed by atoms with van der Waals surface area (Å²) in [4.78, 5) is 7.62. The second kappa shape index (κ2) is 6.71. The summed E-state index contributed by atoms with van der Waals surface area (Å²) in [6, 6.07) is 13.0. The molecule has 0 N–H and O–H groups in total. The fourth-order valence-corrected chi connectivity index (χ4v) is 4.12. The minimum atomic E-state index is -0.214. The van der Waals surface area contributed by atoms with Crippen molar-refractivity contribution in [3.05, 3.63) is 60.7 Å². The minimum absolute atomic E-state index is 0.214. The number of pyridine rings is 1. The van der Waals surface area contributed by atoms with Crippen molar-refractivity contribution in [2.24, 2.45) is 0 Å². The zero-order valence-corrected chi connectivity index (χ0v) is 13.9. The highest BCUT2D eigenvalue weighted by molar-refractivity contribution is 7.20. The van der Waals surface area contributed by atoms with E-state index in [1.165, 1.54) is 17.1 Å². The highest BCUT2D eigenvalue weighted by Gasteiger charge is 2.18. The molecule has 0 radical (unpaired) electrons. The SMILES string of the molecule is Fc1ccc(-c2sc(N3CCOCC3)cc2-c2ccncc2)cc1. The third kappa shape index (κ3) is 3.05. The van der Waals surface area contributed by atoms with E-state index >= 15 is 0 Å². The maximum Gasteiger partial charge on any atom is 0.123 e. The molecule has 0 atom stereocenters. The average molecular weight is 340 g/mol. The van der Waals surface area contributed by atoms with E-state index in [-0.39, 0.29) is 5.82 Å². The number of halogens is 1. The monoisotopic (exact) mass is 340 g/mol. The quantitative estimate of drug-likeness (QED) is 0.704. The van der Waals surface area contributed by atoms with Crippen molar-refractivity contribution < 1.29 is 9.13 Å². The number of morpholine rings is 1. The van der Waals surface area contributed by atoms with Crippen molar-refractivity contribution in [3.63, 3.8) is 0 Å². The molecule has 4 rings (SSSR count). The normalized spacial score (nSPS) is 14.8. The van der Waals surface area contributed by atoms with Crippen LogP contribution in [-0.2, 0) is 4.74 Å². The molecule has 0 saturated carbocycles. The Balaban J connectivity index is 1.80. The summed E-state index contributed by atoms with van der Waals surface area (Å²) in [5, 5.41) is 1.23. The van der Waals surface area contributed by atoms with Gasteiger partial charge in [-0.25, -0.2) is 4.39 Å². The third-order valence-corrected chi connectivity index (χ3v) is 5.38. The molecule has 24 heavy (non-hydrogen) atoms. The Morgan fingerprint density at radius 3 is 2.38 bits per heavy atom. The van der Waals surface area contributed by atoms with Crippen molar-refractivity contribution in [2.45, 2.75) is 0 Å². The van der Waals surface area contributed by atoms with Crippen LogP contribution in [0, 0.1) is 5.82 Å². The van der Waals surface area contributed by atoms with E-state index in [1.807, 2.05) is 24.3 Å². The molecule has 0 spiro atoms. The van der Waals surface area contributed by atoms with Gasteiger partial charge in [0.1, 0.15) is 5.82 Å². The lowest BCUT2D eigenvalue weighted by atomic mass is 10.0. The van der Waals surface area contributed by atoms with Crippen LogP contribution in [0.5, 0.6) is 0 Å². The first-order valence-corrected chi connectivity index (χ1v) is 8.76. The number of ether oxygens (including phenoxy) is 1. The standard InChI is InChI=1S/C19H17FN2OS/c20-16-3-1-15(2-4-16)19-17(14-5-7-21-8-6-14)13-18(24-19)22-9-11-23-12-10-22/h1-8,13H,9-12H2. The Kier molecular flexibility index (Phi) is 4.28. The highest BCUT2D eigenvalue weighted by Crippen LogP contribution is 2.43. The molecule has 3 nitrogen and oxygen atoms in total. The second-order valence-electron chi connectivity index (χ2n) is 5.67. The third-order valence-electron chi connectivity index (χ3n) is 4.14. The molecule has 0 bridgehead atoms. The smallest absolute Gasteiger partial charge is 0.123 e. The lowest BCUT2D eigenvalue weighted by molar-refractivity contribution is 0.123. The van der Waals surface area contributed by atoms with E-state index in [4.69, 9.17) is 4.74 Å². The summed E-state index contributed by atoms with van der Waals surface area (Å²) in [7, 11) is 0. The number of rotatable bonds is 3. The van der Waals surface area contributed by atoms with Gasteiger partial charge in [0.25, 0.3) is 0 Å². The predicted octanol–water partition coefficient (Wildman–Crippen LogP) is 4.45. The Morgan fingerprint density at radius 1 is 0.958 bits per heavy atom. The molecule has 2 aromatic heterocycles. The molecule has 0 unspecified atom stereocenters. The zero-order valence-electron chi connectivity index (χ0n) is 13.1. The molecule has 5 heteroatoms. The van der Waals surface area contributed by atoms with Crippen molar-refractivity contribution in [1.82, 2.24) is 4.98 Å². The van der Waals surface area contributed by atoms with Crippen molar-refractivity contribution in [3.8, 4) is 21.6 Å². The van der Waals surface area contributed by atoms with Crippen LogP contribution in [0.4, 0.5) is 9.39 Å². The van der Waals surface area contributed by atoms with E-state index < -0.39 is 0 Å². The van der Waals surface area contributed by atoms with Crippen LogP contribution in [0.3, 0.4) is 0 Å². The summed E-state index contributed by atoms with van der Waals surface area (Å²) in [5.41, 5.74) is 3.32. The first-order valence-electron chi connectivity index (χ1n) is 7.94. The number of anilines is 1. The van der Waals surface area contributed by atoms with Gasteiger partial charge in [-0.3, -0.25) is 4.98 Å². The van der Waals surface area contributed by atoms with E-state index in [2.05, 4.69) is 16.0 Å². The van der Waals surface area contributed by atoms with Gasteiger partial charge >= 0.3 is 0 Å². The van der Waals surface area contributed by atoms with Gasteiger partial charge in [0.2, 0.25) is 0 Å². The second-order valence-corrected chi connectivity index (χ2v) is 6.70. The van der Waals surface area contributed by atoms with E-state index in [0.717, 1.165) is 47.9 Å². The average Bonchev–Trinajstić information content (AvgIpc) is 3.09.